The molecule has 21 heavy (non-hydrogen) atoms. The number of aliphatic hydroxyl groups is 1. The van der Waals surface area contributed by atoms with Crippen molar-refractivity contribution >= 4 is 0 Å². The van der Waals surface area contributed by atoms with Crippen LogP contribution in [0.5, 0.6) is 0 Å². The van der Waals surface area contributed by atoms with Crippen molar-refractivity contribution in [3.8, 4) is 5.69 Å². The number of allylic oxidation sites excluding steroid dienone is 1. The van der Waals surface area contributed by atoms with Gasteiger partial charge in [0.15, 0.2) is 0 Å². The summed E-state index contributed by atoms with van der Waals surface area (Å²) in [5, 5.41) is 9.87. The minimum atomic E-state index is -0.760. The van der Waals surface area contributed by atoms with Crippen molar-refractivity contribution in [3.05, 3.63) is 63.5 Å². The van der Waals surface area contributed by atoms with Gasteiger partial charge in [0, 0.05) is 0 Å². The number of hydrogen-bond acceptors (Lipinski definition) is 3. The van der Waals surface area contributed by atoms with E-state index >= 15 is 0 Å². The fourth-order valence-corrected chi connectivity index (χ4v) is 2.71. The molecule has 1 aromatic heterocycles. The van der Waals surface area contributed by atoms with Gasteiger partial charge in [0.25, 0.3) is 0 Å². The predicted molar refractivity (Wildman–Crippen MR) is 78.9 cm³/mol. The van der Waals surface area contributed by atoms with Crippen LogP contribution in [0, 0.1) is 0 Å². The largest absolute Gasteiger partial charge is 0.391 e. The van der Waals surface area contributed by atoms with Crippen LogP contribution < -0.4 is 11.4 Å². The number of aromatic nitrogens is 3. The molecule has 1 N–H and O–H groups in total. The van der Waals surface area contributed by atoms with Gasteiger partial charge in [-0.15, -0.1) is 0 Å². The molecule has 3 unspecified atom stereocenters. The van der Waals surface area contributed by atoms with Crippen LogP contribution in [0.4, 0.5) is 0 Å². The highest BCUT2D eigenvalue weighted by atomic mass is 16.3. The van der Waals surface area contributed by atoms with E-state index in [0.29, 0.717) is 5.69 Å². The summed E-state index contributed by atoms with van der Waals surface area (Å²) >= 11 is 0. The van der Waals surface area contributed by atoms with Crippen LogP contribution in [-0.2, 0) is 0 Å². The first-order valence-corrected chi connectivity index (χ1v) is 6.90. The number of rotatable bonds is 2. The zero-order valence-electron chi connectivity index (χ0n) is 11.9. The SMILES string of the molecule is CC(O)C1C=CC(C)n2c(=O)n(-c3ccccc3)c(=O)n21. The fraction of sp³-hybridized carbons (Fsp3) is 0.333. The maximum absolute atomic E-state index is 12.7. The van der Waals surface area contributed by atoms with Gasteiger partial charge in [0.05, 0.1) is 23.9 Å². The number of benzene rings is 1. The van der Waals surface area contributed by atoms with Crippen LogP contribution >= 0.6 is 0 Å². The first kappa shape index (κ1) is 13.6. The molecule has 0 fully saturated rings. The second-order valence-electron chi connectivity index (χ2n) is 5.28. The molecular formula is C15H17N3O3. The van der Waals surface area contributed by atoms with E-state index in [4.69, 9.17) is 0 Å². The molecule has 6 nitrogen and oxygen atoms in total. The van der Waals surface area contributed by atoms with E-state index in [1.807, 2.05) is 19.1 Å². The number of para-hydroxylation sites is 1. The topological polar surface area (TPSA) is 69.2 Å². The van der Waals surface area contributed by atoms with Crippen LogP contribution in [0.25, 0.3) is 5.69 Å². The molecule has 3 rings (SSSR count). The number of fused-ring (bicyclic) bond motifs is 1. The minimum Gasteiger partial charge on any atom is -0.391 e. The molecule has 6 heteroatoms. The van der Waals surface area contributed by atoms with Gasteiger partial charge < -0.3 is 5.11 Å². The van der Waals surface area contributed by atoms with Gasteiger partial charge in [-0.3, -0.25) is 0 Å². The molecule has 1 aliphatic rings. The highest BCUT2D eigenvalue weighted by molar-refractivity contribution is 5.30. The highest BCUT2D eigenvalue weighted by Crippen LogP contribution is 2.20. The lowest BCUT2D eigenvalue weighted by molar-refractivity contribution is 0.128. The van der Waals surface area contributed by atoms with Crippen molar-refractivity contribution in [2.45, 2.75) is 32.0 Å². The Morgan fingerprint density at radius 2 is 1.67 bits per heavy atom. The zero-order chi connectivity index (χ0) is 15.1. The fourth-order valence-electron chi connectivity index (χ4n) is 2.71. The van der Waals surface area contributed by atoms with Crippen LogP contribution in [-0.4, -0.2) is 25.1 Å². The molecule has 1 aromatic carbocycles. The summed E-state index contributed by atoms with van der Waals surface area (Å²) in [4.78, 5) is 25.3. The Balaban J connectivity index is 2.31. The lowest BCUT2D eigenvalue weighted by Gasteiger charge is -2.26. The van der Waals surface area contributed by atoms with Crippen molar-refractivity contribution in [1.82, 2.24) is 13.9 Å². The standard InChI is InChI=1S/C15H17N3O3/c1-10-8-9-13(11(2)19)18-15(21)16(14(20)17(10)18)12-6-4-3-5-7-12/h3-11,13,19H,1-2H3. The third-order valence-corrected chi connectivity index (χ3v) is 3.77. The first-order chi connectivity index (χ1) is 10.0. The maximum Gasteiger partial charge on any atom is 0.352 e. The van der Waals surface area contributed by atoms with Gasteiger partial charge in [0.2, 0.25) is 0 Å². The van der Waals surface area contributed by atoms with E-state index < -0.39 is 23.5 Å². The molecule has 0 saturated heterocycles. The zero-order valence-corrected chi connectivity index (χ0v) is 11.9. The Hall–Kier alpha value is -2.34. The summed E-state index contributed by atoms with van der Waals surface area (Å²) in [5.74, 6) is 0. The van der Waals surface area contributed by atoms with Gasteiger partial charge in [-0.25, -0.2) is 23.5 Å². The molecule has 2 heterocycles. The molecule has 0 spiro atoms. The Labute approximate surface area is 121 Å². The molecule has 0 amide bonds. The monoisotopic (exact) mass is 287 g/mol. The first-order valence-electron chi connectivity index (χ1n) is 6.90. The Kier molecular flexibility index (Phi) is 3.17. The normalized spacial score (nSPS) is 22.0. The second kappa shape index (κ2) is 4.89. The van der Waals surface area contributed by atoms with Crippen LogP contribution in [0.3, 0.4) is 0 Å². The van der Waals surface area contributed by atoms with E-state index in [2.05, 4.69) is 0 Å². The van der Waals surface area contributed by atoms with Gasteiger partial charge in [-0.05, 0) is 26.0 Å². The maximum atomic E-state index is 12.7. The van der Waals surface area contributed by atoms with Gasteiger partial charge in [-0.1, -0.05) is 30.4 Å². The molecule has 0 aliphatic carbocycles. The lowest BCUT2D eigenvalue weighted by atomic mass is 10.1. The molecule has 3 atom stereocenters. The summed E-state index contributed by atoms with van der Waals surface area (Å²) in [7, 11) is 0. The summed E-state index contributed by atoms with van der Waals surface area (Å²) in [5.41, 5.74) is -0.305. The van der Waals surface area contributed by atoms with Gasteiger partial charge in [0.1, 0.15) is 0 Å². The lowest BCUT2D eigenvalue weighted by Crippen LogP contribution is -2.38. The summed E-state index contributed by atoms with van der Waals surface area (Å²) < 4.78 is 3.87. The molecule has 1 aliphatic heterocycles. The molecule has 110 valence electrons. The van der Waals surface area contributed by atoms with Crippen molar-refractivity contribution in [1.29, 1.82) is 0 Å². The van der Waals surface area contributed by atoms with Crippen molar-refractivity contribution in [3.63, 3.8) is 0 Å². The van der Waals surface area contributed by atoms with Crippen molar-refractivity contribution < 1.29 is 5.11 Å². The van der Waals surface area contributed by atoms with E-state index in [0.717, 1.165) is 4.57 Å². The smallest absolute Gasteiger partial charge is 0.352 e. The van der Waals surface area contributed by atoms with Crippen LogP contribution in [0.15, 0.2) is 52.1 Å². The van der Waals surface area contributed by atoms with E-state index in [9.17, 15) is 14.7 Å². The summed E-state index contributed by atoms with van der Waals surface area (Å²) in [6.45, 7) is 3.44. The molecule has 0 bridgehead atoms. The molecule has 0 saturated carbocycles. The average molecular weight is 287 g/mol. The Morgan fingerprint density at radius 3 is 2.29 bits per heavy atom. The molecule has 2 aromatic rings. The highest BCUT2D eigenvalue weighted by Gasteiger charge is 2.29. The molecule has 0 radical (unpaired) electrons. The average Bonchev–Trinajstić information content (AvgIpc) is 2.73. The second-order valence-corrected chi connectivity index (χ2v) is 5.28. The minimum absolute atomic E-state index is 0.231. The Morgan fingerprint density at radius 1 is 1.05 bits per heavy atom. The number of aliphatic hydroxyl groups excluding tert-OH is 1. The third kappa shape index (κ3) is 1.99. The van der Waals surface area contributed by atoms with E-state index in [1.54, 1.807) is 37.3 Å². The molecular weight excluding hydrogens is 270 g/mol. The number of hydrogen-bond donors (Lipinski definition) is 1. The van der Waals surface area contributed by atoms with Crippen LogP contribution in [0.2, 0.25) is 0 Å². The van der Waals surface area contributed by atoms with E-state index in [1.165, 1.54) is 9.36 Å². The Bertz CT molecular complexity index is 796. The summed E-state index contributed by atoms with van der Waals surface area (Å²) in [6.07, 6.45) is 2.84. The third-order valence-electron chi connectivity index (χ3n) is 3.77. The predicted octanol–water partition coefficient (Wildman–Crippen LogP) is 0.853. The van der Waals surface area contributed by atoms with Crippen molar-refractivity contribution in [2.75, 3.05) is 0 Å². The van der Waals surface area contributed by atoms with Crippen LogP contribution in [0.1, 0.15) is 25.9 Å². The van der Waals surface area contributed by atoms with Gasteiger partial charge in [-0.2, -0.15) is 0 Å². The number of nitrogens with zero attached hydrogens (tertiary/aromatic N) is 3. The van der Waals surface area contributed by atoms with Gasteiger partial charge >= 0.3 is 11.4 Å². The summed E-state index contributed by atoms with van der Waals surface area (Å²) in [6, 6.07) is 8.03. The van der Waals surface area contributed by atoms with E-state index in [-0.39, 0.29) is 6.04 Å². The quantitative estimate of drug-likeness (QED) is 0.833. The van der Waals surface area contributed by atoms with Crippen molar-refractivity contribution in [2.24, 2.45) is 0 Å².